The third kappa shape index (κ3) is 3.95. The van der Waals surface area contributed by atoms with Crippen LogP contribution >= 0.6 is 23.2 Å². The Bertz CT molecular complexity index is 1170. The van der Waals surface area contributed by atoms with E-state index < -0.39 is 35.3 Å². The number of aliphatic carboxylic acids is 1. The number of carbonyl (C=O) groups is 4. The zero-order chi connectivity index (χ0) is 24.8. The summed E-state index contributed by atoms with van der Waals surface area (Å²) in [4.78, 5) is 55.0. The van der Waals surface area contributed by atoms with E-state index in [0.717, 1.165) is 10.5 Å². The molecule has 2 fully saturated rings. The fourth-order valence-electron chi connectivity index (χ4n) is 4.71. The number of hydrogen-bond acceptors (Lipinski definition) is 5. The third-order valence-electron chi connectivity index (χ3n) is 6.41. The van der Waals surface area contributed by atoms with Gasteiger partial charge in [-0.1, -0.05) is 35.3 Å². The fourth-order valence-corrected chi connectivity index (χ4v) is 5.22. The maximum atomic E-state index is 14.0. The number of likely N-dealkylation sites (N-methyl/N-ethyl adjacent to an activating group) is 1. The number of carboxylic acid groups (broad SMARTS) is 1. The molecule has 34 heavy (non-hydrogen) atoms. The monoisotopic (exact) mass is 504 g/mol. The van der Waals surface area contributed by atoms with Crippen molar-refractivity contribution in [2.24, 2.45) is 0 Å². The molecule has 2 saturated heterocycles. The molecule has 0 radical (unpaired) electrons. The van der Waals surface area contributed by atoms with E-state index in [4.69, 9.17) is 34.0 Å². The molecular formula is C23H22Cl2N4O5. The molecule has 9 nitrogen and oxygen atoms in total. The highest BCUT2D eigenvalue weighted by Crippen LogP contribution is 2.46. The van der Waals surface area contributed by atoms with Crippen molar-refractivity contribution < 1.29 is 24.3 Å². The number of urea groups is 1. The fraction of sp³-hybridized carbons (Fsp3) is 0.304. The maximum absolute atomic E-state index is 14.0. The number of halogens is 2. The minimum atomic E-state index is -1.40. The van der Waals surface area contributed by atoms with Crippen LogP contribution in [0.5, 0.6) is 0 Å². The van der Waals surface area contributed by atoms with Crippen molar-refractivity contribution in [2.75, 3.05) is 30.8 Å². The van der Waals surface area contributed by atoms with Gasteiger partial charge in [0, 0.05) is 41.7 Å². The van der Waals surface area contributed by atoms with Gasteiger partial charge < -0.3 is 20.6 Å². The van der Waals surface area contributed by atoms with Gasteiger partial charge in [-0.15, -0.1) is 0 Å². The SMILES string of the molecule is CN1C(=O)N(c2cc(Cl)cc(Cl)c2)C(=O)[C@]12CN(C(=O)CCC(=O)O)C[C@H]2c1ccc(N)cc1. The molecule has 2 aromatic rings. The lowest BCUT2D eigenvalue weighted by molar-refractivity contribution is -0.140. The molecule has 0 aliphatic carbocycles. The van der Waals surface area contributed by atoms with Gasteiger partial charge in [0.2, 0.25) is 5.91 Å². The van der Waals surface area contributed by atoms with E-state index >= 15 is 0 Å². The first-order valence-electron chi connectivity index (χ1n) is 10.5. The highest BCUT2D eigenvalue weighted by Gasteiger charge is 2.64. The molecule has 0 bridgehead atoms. The first-order chi connectivity index (χ1) is 16.0. The second-order valence-corrected chi connectivity index (χ2v) is 9.29. The van der Waals surface area contributed by atoms with Crippen LogP contribution in [0, 0.1) is 0 Å². The maximum Gasteiger partial charge on any atom is 0.332 e. The van der Waals surface area contributed by atoms with Crippen molar-refractivity contribution in [1.82, 2.24) is 9.80 Å². The van der Waals surface area contributed by atoms with E-state index in [9.17, 15) is 19.2 Å². The summed E-state index contributed by atoms with van der Waals surface area (Å²) in [6.07, 6.45) is -0.538. The molecule has 3 N–H and O–H groups in total. The van der Waals surface area contributed by atoms with Crippen molar-refractivity contribution in [2.45, 2.75) is 24.3 Å². The number of likely N-dealkylation sites (tertiary alicyclic amines) is 1. The molecule has 11 heteroatoms. The number of carbonyl (C=O) groups excluding carboxylic acids is 3. The molecule has 1 spiro atoms. The standard InChI is InChI=1S/C23H22Cl2N4O5/c1-27-22(34)29(17-9-14(24)8-15(25)10-17)21(33)23(27)12-28(19(30)6-7-20(31)32)11-18(23)13-2-4-16(26)5-3-13/h2-5,8-10,18H,6-7,11-12,26H2,1H3,(H,31,32)/t18-,23+/m0/s1. The first kappa shape index (κ1) is 23.8. The minimum Gasteiger partial charge on any atom is -0.481 e. The number of imide groups is 1. The number of hydrogen-bond donors (Lipinski definition) is 2. The summed E-state index contributed by atoms with van der Waals surface area (Å²) in [5.41, 5.74) is 5.91. The van der Waals surface area contributed by atoms with E-state index in [1.165, 1.54) is 35.0 Å². The van der Waals surface area contributed by atoms with Crippen LogP contribution in [0.25, 0.3) is 0 Å². The molecule has 0 unspecified atom stereocenters. The van der Waals surface area contributed by atoms with Gasteiger partial charge >= 0.3 is 12.0 Å². The predicted molar refractivity (Wildman–Crippen MR) is 127 cm³/mol. The topological polar surface area (TPSA) is 124 Å². The summed E-state index contributed by atoms with van der Waals surface area (Å²) in [5, 5.41) is 9.50. The van der Waals surface area contributed by atoms with Crippen molar-refractivity contribution in [3.05, 3.63) is 58.1 Å². The summed E-state index contributed by atoms with van der Waals surface area (Å²) in [5.74, 6) is -2.58. The van der Waals surface area contributed by atoms with Crippen LogP contribution in [0.1, 0.15) is 24.3 Å². The second-order valence-electron chi connectivity index (χ2n) is 8.42. The van der Waals surface area contributed by atoms with Crippen molar-refractivity contribution >= 4 is 58.4 Å². The molecule has 2 aromatic carbocycles. The van der Waals surface area contributed by atoms with Crippen LogP contribution < -0.4 is 10.6 Å². The Morgan fingerprint density at radius 3 is 2.29 bits per heavy atom. The van der Waals surface area contributed by atoms with Crippen LogP contribution in [0.2, 0.25) is 10.0 Å². The Balaban J connectivity index is 1.78. The molecule has 0 saturated carbocycles. The van der Waals surface area contributed by atoms with Crippen molar-refractivity contribution in [3.8, 4) is 0 Å². The van der Waals surface area contributed by atoms with E-state index in [0.29, 0.717) is 5.69 Å². The van der Waals surface area contributed by atoms with E-state index in [-0.39, 0.29) is 41.7 Å². The van der Waals surface area contributed by atoms with Crippen LogP contribution in [0.3, 0.4) is 0 Å². The van der Waals surface area contributed by atoms with Crippen molar-refractivity contribution in [3.63, 3.8) is 0 Å². The summed E-state index contributed by atoms with van der Waals surface area (Å²) in [6.45, 7) is 0.0578. The zero-order valence-electron chi connectivity index (χ0n) is 18.2. The van der Waals surface area contributed by atoms with Gasteiger partial charge in [-0.2, -0.15) is 0 Å². The lowest BCUT2D eigenvalue weighted by Gasteiger charge is -2.33. The predicted octanol–water partition coefficient (Wildman–Crippen LogP) is 3.20. The Morgan fingerprint density at radius 1 is 1.09 bits per heavy atom. The van der Waals surface area contributed by atoms with Crippen molar-refractivity contribution in [1.29, 1.82) is 0 Å². The molecule has 2 heterocycles. The molecule has 0 aromatic heterocycles. The number of nitrogens with zero attached hydrogens (tertiary/aromatic N) is 3. The molecule has 2 atom stereocenters. The van der Waals surface area contributed by atoms with E-state index in [1.807, 2.05) is 0 Å². The third-order valence-corrected chi connectivity index (χ3v) is 6.85. The number of rotatable bonds is 5. The van der Waals surface area contributed by atoms with Gasteiger partial charge in [-0.05, 0) is 35.9 Å². The highest BCUT2D eigenvalue weighted by atomic mass is 35.5. The summed E-state index contributed by atoms with van der Waals surface area (Å²) in [6, 6.07) is 10.8. The van der Waals surface area contributed by atoms with Crippen LogP contribution in [-0.2, 0) is 14.4 Å². The number of benzene rings is 2. The molecule has 2 aliphatic heterocycles. The Labute approximate surface area is 205 Å². The van der Waals surface area contributed by atoms with Gasteiger partial charge in [-0.3, -0.25) is 14.4 Å². The molecule has 4 amide bonds. The van der Waals surface area contributed by atoms with Gasteiger partial charge in [0.15, 0.2) is 0 Å². The average Bonchev–Trinajstić information content (AvgIpc) is 3.25. The summed E-state index contributed by atoms with van der Waals surface area (Å²) in [7, 11) is 1.52. The number of nitrogen functional groups attached to an aromatic ring is 1. The minimum absolute atomic E-state index is 0.0770. The first-order valence-corrected chi connectivity index (χ1v) is 11.2. The van der Waals surface area contributed by atoms with Crippen LogP contribution in [0.4, 0.5) is 16.2 Å². The normalized spacial score (nSPS) is 22.2. The number of anilines is 2. The Hall–Kier alpha value is -3.30. The van der Waals surface area contributed by atoms with Gasteiger partial charge in [0.25, 0.3) is 5.91 Å². The summed E-state index contributed by atoms with van der Waals surface area (Å²) < 4.78 is 0. The zero-order valence-corrected chi connectivity index (χ0v) is 19.7. The van der Waals surface area contributed by atoms with Gasteiger partial charge in [-0.25, -0.2) is 9.69 Å². The number of nitrogens with two attached hydrogens (primary N) is 1. The van der Waals surface area contributed by atoms with Gasteiger partial charge in [0.05, 0.1) is 18.7 Å². The Morgan fingerprint density at radius 2 is 1.71 bits per heavy atom. The highest BCUT2D eigenvalue weighted by molar-refractivity contribution is 6.35. The molecular weight excluding hydrogens is 483 g/mol. The molecule has 4 rings (SSSR count). The molecule has 2 aliphatic rings. The lowest BCUT2D eigenvalue weighted by Crippen LogP contribution is -2.54. The summed E-state index contributed by atoms with van der Waals surface area (Å²) >= 11 is 12.2. The van der Waals surface area contributed by atoms with E-state index in [2.05, 4.69) is 0 Å². The number of amides is 4. The molecule has 178 valence electrons. The lowest BCUT2D eigenvalue weighted by atomic mass is 9.80. The number of carboxylic acids is 1. The van der Waals surface area contributed by atoms with Crippen LogP contribution in [-0.4, -0.2) is 64.4 Å². The second kappa shape index (κ2) is 8.81. The largest absolute Gasteiger partial charge is 0.481 e. The van der Waals surface area contributed by atoms with E-state index in [1.54, 1.807) is 24.3 Å². The average molecular weight is 505 g/mol. The smallest absolute Gasteiger partial charge is 0.332 e. The quantitative estimate of drug-likeness (QED) is 0.475. The van der Waals surface area contributed by atoms with Gasteiger partial charge in [0.1, 0.15) is 5.54 Å². The van der Waals surface area contributed by atoms with Crippen LogP contribution in [0.15, 0.2) is 42.5 Å². The Kier molecular flexibility index (Phi) is 6.18.